The molecule has 0 heterocycles. The highest BCUT2D eigenvalue weighted by molar-refractivity contribution is 9.09. The van der Waals surface area contributed by atoms with Gasteiger partial charge in [-0.15, -0.1) is 0 Å². The lowest BCUT2D eigenvalue weighted by Gasteiger charge is -2.15. The van der Waals surface area contributed by atoms with Crippen LogP contribution in [0, 0.1) is 0 Å². The molecular formula is C19H25BrO3. The van der Waals surface area contributed by atoms with Crippen LogP contribution in [-0.4, -0.2) is 25.7 Å². The van der Waals surface area contributed by atoms with Crippen LogP contribution in [0.15, 0.2) is 30.3 Å². The fraction of sp³-hybridized carbons (Fsp3) is 0.474. The molecular weight excluding hydrogens is 356 g/mol. The number of halogens is 1. The van der Waals surface area contributed by atoms with Gasteiger partial charge in [0.1, 0.15) is 5.75 Å². The van der Waals surface area contributed by atoms with Crippen LogP contribution < -0.4 is 14.2 Å². The van der Waals surface area contributed by atoms with Crippen molar-refractivity contribution in [2.75, 3.05) is 20.8 Å². The first kappa shape index (κ1) is 17.9. The van der Waals surface area contributed by atoms with E-state index >= 15 is 0 Å². The number of unbranched alkanes of at least 4 members (excludes halogenated alkanes) is 1. The molecule has 0 spiro atoms. The Labute approximate surface area is 147 Å². The first-order valence-electron chi connectivity index (χ1n) is 8.11. The molecule has 0 saturated carbocycles. The highest BCUT2D eigenvalue weighted by Gasteiger charge is 2.14. The van der Waals surface area contributed by atoms with E-state index in [1.165, 1.54) is 12.8 Å². The number of alkyl halides is 1. The maximum atomic E-state index is 6.03. The lowest BCUT2D eigenvalue weighted by atomic mass is 10.1. The minimum atomic E-state index is 0.615. The smallest absolute Gasteiger partial charge is 0.168 e. The normalized spacial score (nSPS) is 12.2. The SMILES string of the molecule is CCC(Br)CCCCOc1cc(OC)c(OC)c2ccccc12. The molecule has 0 amide bonds. The van der Waals surface area contributed by atoms with Gasteiger partial charge in [0.25, 0.3) is 0 Å². The van der Waals surface area contributed by atoms with E-state index in [-0.39, 0.29) is 0 Å². The van der Waals surface area contributed by atoms with Crippen molar-refractivity contribution >= 4 is 26.7 Å². The van der Waals surface area contributed by atoms with Crippen molar-refractivity contribution in [2.24, 2.45) is 0 Å². The Morgan fingerprint density at radius 1 is 1.00 bits per heavy atom. The molecule has 3 nitrogen and oxygen atoms in total. The van der Waals surface area contributed by atoms with E-state index in [1.54, 1.807) is 14.2 Å². The van der Waals surface area contributed by atoms with Crippen LogP contribution in [0.1, 0.15) is 32.6 Å². The highest BCUT2D eigenvalue weighted by Crippen LogP contribution is 2.41. The van der Waals surface area contributed by atoms with Gasteiger partial charge in [0.2, 0.25) is 0 Å². The van der Waals surface area contributed by atoms with Gasteiger partial charge in [-0.05, 0) is 25.7 Å². The zero-order valence-electron chi connectivity index (χ0n) is 14.1. The summed E-state index contributed by atoms with van der Waals surface area (Å²) >= 11 is 3.67. The van der Waals surface area contributed by atoms with Gasteiger partial charge in [0.15, 0.2) is 11.5 Å². The maximum Gasteiger partial charge on any atom is 0.168 e. The van der Waals surface area contributed by atoms with E-state index in [0.29, 0.717) is 17.2 Å². The topological polar surface area (TPSA) is 27.7 Å². The Balaban J connectivity index is 2.11. The van der Waals surface area contributed by atoms with E-state index in [0.717, 1.165) is 35.1 Å². The number of rotatable bonds is 9. The summed E-state index contributed by atoms with van der Waals surface area (Å²) < 4.78 is 17.0. The maximum absolute atomic E-state index is 6.03. The predicted molar refractivity (Wildman–Crippen MR) is 99.4 cm³/mol. The Kier molecular flexibility index (Phi) is 7.03. The number of hydrogen-bond donors (Lipinski definition) is 0. The fourth-order valence-corrected chi connectivity index (χ4v) is 2.95. The molecule has 2 aromatic carbocycles. The highest BCUT2D eigenvalue weighted by atomic mass is 79.9. The van der Waals surface area contributed by atoms with Crippen molar-refractivity contribution in [3.8, 4) is 17.2 Å². The molecule has 0 saturated heterocycles. The summed E-state index contributed by atoms with van der Waals surface area (Å²) in [6.45, 7) is 2.91. The van der Waals surface area contributed by atoms with E-state index in [9.17, 15) is 0 Å². The summed E-state index contributed by atoms with van der Waals surface area (Å²) in [6, 6.07) is 10.0. The molecule has 0 N–H and O–H groups in total. The number of methoxy groups -OCH3 is 2. The van der Waals surface area contributed by atoms with Crippen molar-refractivity contribution in [2.45, 2.75) is 37.4 Å². The van der Waals surface area contributed by atoms with Crippen LogP contribution >= 0.6 is 15.9 Å². The number of fused-ring (bicyclic) bond motifs is 1. The van der Waals surface area contributed by atoms with Crippen LogP contribution in [0.4, 0.5) is 0 Å². The van der Waals surface area contributed by atoms with Gasteiger partial charge in [-0.3, -0.25) is 0 Å². The summed E-state index contributed by atoms with van der Waals surface area (Å²) in [6.07, 6.45) is 4.56. The van der Waals surface area contributed by atoms with Gasteiger partial charge in [0.05, 0.1) is 20.8 Å². The van der Waals surface area contributed by atoms with Gasteiger partial charge >= 0.3 is 0 Å². The van der Waals surface area contributed by atoms with Crippen molar-refractivity contribution < 1.29 is 14.2 Å². The average molecular weight is 381 g/mol. The first-order valence-corrected chi connectivity index (χ1v) is 9.03. The fourth-order valence-electron chi connectivity index (χ4n) is 2.63. The third kappa shape index (κ3) is 4.54. The molecule has 0 aliphatic heterocycles. The summed E-state index contributed by atoms with van der Waals surface area (Å²) in [5.41, 5.74) is 0. The molecule has 126 valence electrons. The summed E-state index contributed by atoms with van der Waals surface area (Å²) in [4.78, 5) is 0.615. The van der Waals surface area contributed by atoms with Crippen LogP contribution in [0.25, 0.3) is 10.8 Å². The minimum Gasteiger partial charge on any atom is -0.493 e. The molecule has 23 heavy (non-hydrogen) atoms. The lowest BCUT2D eigenvalue weighted by molar-refractivity contribution is 0.304. The first-order chi connectivity index (χ1) is 11.2. The van der Waals surface area contributed by atoms with E-state index in [2.05, 4.69) is 28.9 Å². The van der Waals surface area contributed by atoms with Crippen LogP contribution in [0.3, 0.4) is 0 Å². The molecule has 4 heteroatoms. The largest absolute Gasteiger partial charge is 0.493 e. The molecule has 0 aliphatic carbocycles. The van der Waals surface area contributed by atoms with Gasteiger partial charge in [0, 0.05) is 21.7 Å². The van der Waals surface area contributed by atoms with E-state index in [1.807, 2.05) is 24.3 Å². The second-order valence-corrected chi connectivity index (χ2v) is 6.80. The van der Waals surface area contributed by atoms with Gasteiger partial charge in [-0.2, -0.15) is 0 Å². The zero-order valence-corrected chi connectivity index (χ0v) is 15.7. The molecule has 1 unspecified atom stereocenters. The second kappa shape index (κ2) is 9.02. The molecule has 1 atom stereocenters. The van der Waals surface area contributed by atoms with Gasteiger partial charge in [-0.1, -0.05) is 47.1 Å². The Morgan fingerprint density at radius 2 is 1.74 bits per heavy atom. The van der Waals surface area contributed by atoms with Crippen LogP contribution in [0.5, 0.6) is 17.2 Å². The predicted octanol–water partition coefficient (Wildman–Crippen LogP) is 5.58. The number of ether oxygens (including phenoxy) is 3. The number of hydrogen-bond acceptors (Lipinski definition) is 3. The van der Waals surface area contributed by atoms with E-state index in [4.69, 9.17) is 14.2 Å². The van der Waals surface area contributed by atoms with Gasteiger partial charge < -0.3 is 14.2 Å². The molecule has 0 aromatic heterocycles. The Bertz CT molecular complexity index is 627. The van der Waals surface area contributed by atoms with Crippen LogP contribution in [-0.2, 0) is 0 Å². The zero-order chi connectivity index (χ0) is 16.7. The molecule has 2 rings (SSSR count). The molecule has 0 aliphatic rings. The van der Waals surface area contributed by atoms with Crippen molar-refractivity contribution in [3.05, 3.63) is 30.3 Å². The summed E-state index contributed by atoms with van der Waals surface area (Å²) in [5, 5.41) is 2.06. The molecule has 0 bridgehead atoms. The van der Waals surface area contributed by atoms with Crippen molar-refractivity contribution in [3.63, 3.8) is 0 Å². The standard InChI is InChI=1S/C19H25BrO3/c1-4-14(20)9-7-8-12-23-17-13-18(21-2)19(22-3)16-11-6-5-10-15(16)17/h5-6,10-11,13-14H,4,7-9,12H2,1-3H3. The molecule has 0 radical (unpaired) electrons. The summed E-state index contributed by atoms with van der Waals surface area (Å²) in [7, 11) is 3.31. The summed E-state index contributed by atoms with van der Waals surface area (Å²) in [5.74, 6) is 2.30. The lowest BCUT2D eigenvalue weighted by Crippen LogP contribution is -2.02. The monoisotopic (exact) mass is 380 g/mol. The van der Waals surface area contributed by atoms with Crippen molar-refractivity contribution in [1.29, 1.82) is 0 Å². The quantitative estimate of drug-likeness (QED) is 0.419. The molecule has 2 aromatic rings. The Morgan fingerprint density at radius 3 is 2.39 bits per heavy atom. The third-order valence-electron chi connectivity index (χ3n) is 3.96. The third-order valence-corrected chi connectivity index (χ3v) is 5.06. The molecule has 0 fully saturated rings. The second-order valence-electron chi connectivity index (χ2n) is 5.51. The number of benzene rings is 2. The average Bonchev–Trinajstić information content (AvgIpc) is 2.60. The van der Waals surface area contributed by atoms with Crippen LogP contribution in [0.2, 0.25) is 0 Å². The van der Waals surface area contributed by atoms with Crippen molar-refractivity contribution in [1.82, 2.24) is 0 Å². The van der Waals surface area contributed by atoms with Gasteiger partial charge in [-0.25, -0.2) is 0 Å². The minimum absolute atomic E-state index is 0.615. The van der Waals surface area contributed by atoms with E-state index < -0.39 is 0 Å². The Hall–Kier alpha value is -1.42.